The molecule has 3 heteroatoms. The smallest absolute Gasteiger partial charge is 0.0946 e. The van der Waals surface area contributed by atoms with Crippen molar-refractivity contribution in [1.29, 1.82) is 0 Å². The van der Waals surface area contributed by atoms with Gasteiger partial charge in [-0.1, -0.05) is 26.0 Å². The molecule has 1 N–H and O–H groups in total. The zero-order valence-electron chi connectivity index (χ0n) is 9.95. The Morgan fingerprint density at radius 3 is 2.80 bits per heavy atom. The monoisotopic (exact) mass is 207 g/mol. The number of imidazole rings is 1. The molecule has 0 aliphatic rings. The van der Waals surface area contributed by atoms with Crippen LogP contribution in [0, 0.1) is 0 Å². The van der Waals surface area contributed by atoms with Crippen LogP contribution in [0.25, 0.3) is 0 Å². The van der Waals surface area contributed by atoms with Gasteiger partial charge in [-0.25, -0.2) is 4.98 Å². The lowest BCUT2D eigenvalue weighted by Gasteiger charge is -2.19. The van der Waals surface area contributed by atoms with Crippen LogP contribution in [-0.4, -0.2) is 16.1 Å². The fourth-order valence-electron chi connectivity index (χ4n) is 1.66. The van der Waals surface area contributed by atoms with Crippen LogP contribution >= 0.6 is 0 Å². The van der Waals surface area contributed by atoms with Gasteiger partial charge in [0.1, 0.15) is 0 Å². The average Bonchev–Trinajstić information content (AvgIpc) is 2.63. The highest BCUT2D eigenvalue weighted by Crippen LogP contribution is 2.20. The van der Waals surface area contributed by atoms with Gasteiger partial charge in [-0.15, -0.1) is 0 Å². The average molecular weight is 207 g/mol. The maximum absolute atomic E-state index is 4.15. The second-order valence-electron chi connectivity index (χ2n) is 3.85. The Bertz CT molecular complexity index is 314. The van der Waals surface area contributed by atoms with Crippen molar-refractivity contribution >= 4 is 0 Å². The quantitative estimate of drug-likeness (QED) is 0.726. The molecule has 0 aromatic carbocycles. The molecule has 15 heavy (non-hydrogen) atoms. The van der Waals surface area contributed by atoms with Gasteiger partial charge in [-0.05, 0) is 19.4 Å². The van der Waals surface area contributed by atoms with Gasteiger partial charge in [0.15, 0.2) is 0 Å². The molecule has 1 aromatic rings. The van der Waals surface area contributed by atoms with Crippen LogP contribution in [0.3, 0.4) is 0 Å². The highest BCUT2D eigenvalue weighted by atomic mass is 15.1. The Morgan fingerprint density at radius 1 is 1.60 bits per heavy atom. The van der Waals surface area contributed by atoms with Crippen molar-refractivity contribution in [1.82, 2.24) is 14.9 Å². The summed E-state index contributed by atoms with van der Waals surface area (Å²) in [6.45, 7) is 9.30. The number of aromatic nitrogens is 2. The van der Waals surface area contributed by atoms with E-state index in [9.17, 15) is 0 Å². The van der Waals surface area contributed by atoms with Gasteiger partial charge in [-0.3, -0.25) is 0 Å². The van der Waals surface area contributed by atoms with Crippen molar-refractivity contribution in [2.75, 3.05) is 6.54 Å². The van der Waals surface area contributed by atoms with Crippen LogP contribution < -0.4 is 5.32 Å². The first-order valence-electron chi connectivity index (χ1n) is 5.55. The van der Waals surface area contributed by atoms with E-state index < -0.39 is 0 Å². The summed E-state index contributed by atoms with van der Waals surface area (Å²) in [4.78, 5) is 4.15. The summed E-state index contributed by atoms with van der Waals surface area (Å²) in [6, 6.07) is 0.343. The van der Waals surface area contributed by atoms with E-state index in [0.29, 0.717) is 6.04 Å². The lowest BCUT2D eigenvalue weighted by Crippen LogP contribution is -2.23. The van der Waals surface area contributed by atoms with Crippen molar-refractivity contribution in [2.45, 2.75) is 32.7 Å². The van der Waals surface area contributed by atoms with Gasteiger partial charge in [0, 0.05) is 13.2 Å². The number of nitrogens with one attached hydrogen (secondary N) is 1. The number of hydrogen-bond donors (Lipinski definition) is 1. The van der Waals surface area contributed by atoms with Crippen molar-refractivity contribution in [3.05, 3.63) is 30.4 Å². The summed E-state index contributed by atoms with van der Waals surface area (Å²) in [7, 11) is 2.03. The molecule has 3 nitrogen and oxygen atoms in total. The van der Waals surface area contributed by atoms with E-state index in [0.717, 1.165) is 19.4 Å². The Labute approximate surface area is 92.2 Å². The van der Waals surface area contributed by atoms with E-state index in [1.807, 2.05) is 19.6 Å². The second-order valence-corrected chi connectivity index (χ2v) is 3.85. The zero-order chi connectivity index (χ0) is 11.3. The van der Waals surface area contributed by atoms with E-state index in [2.05, 4.69) is 35.3 Å². The minimum absolute atomic E-state index is 0.343. The molecule has 1 aromatic heterocycles. The third-order valence-corrected chi connectivity index (χ3v) is 2.65. The van der Waals surface area contributed by atoms with E-state index in [1.54, 1.807) is 0 Å². The predicted octanol–water partition coefficient (Wildman–Crippen LogP) is 2.43. The largest absolute Gasteiger partial charge is 0.336 e. The molecule has 0 bridgehead atoms. The van der Waals surface area contributed by atoms with Gasteiger partial charge in [-0.2, -0.15) is 0 Å². The predicted molar refractivity (Wildman–Crippen MR) is 63.7 cm³/mol. The van der Waals surface area contributed by atoms with Gasteiger partial charge in [0.05, 0.1) is 18.1 Å². The molecule has 0 saturated carbocycles. The highest BCUT2D eigenvalue weighted by molar-refractivity contribution is 5.10. The third kappa shape index (κ3) is 3.20. The Kier molecular flexibility index (Phi) is 4.56. The van der Waals surface area contributed by atoms with Gasteiger partial charge < -0.3 is 9.88 Å². The molecule has 0 aliphatic carbocycles. The highest BCUT2D eigenvalue weighted by Gasteiger charge is 2.13. The summed E-state index contributed by atoms with van der Waals surface area (Å²) >= 11 is 0. The van der Waals surface area contributed by atoms with E-state index in [-0.39, 0.29) is 0 Å². The van der Waals surface area contributed by atoms with Crippen LogP contribution in [-0.2, 0) is 7.05 Å². The van der Waals surface area contributed by atoms with Crippen molar-refractivity contribution in [3.8, 4) is 0 Å². The summed E-state index contributed by atoms with van der Waals surface area (Å²) in [5.74, 6) is 0. The fourth-order valence-corrected chi connectivity index (χ4v) is 1.66. The Balaban J connectivity index is 2.74. The lowest BCUT2D eigenvalue weighted by atomic mass is 10.0. The first-order chi connectivity index (χ1) is 7.19. The number of rotatable bonds is 6. The topological polar surface area (TPSA) is 29.9 Å². The summed E-state index contributed by atoms with van der Waals surface area (Å²) in [5.41, 5.74) is 2.51. The molecule has 0 aliphatic heterocycles. The van der Waals surface area contributed by atoms with Gasteiger partial charge >= 0.3 is 0 Å². The van der Waals surface area contributed by atoms with Gasteiger partial charge in [0.25, 0.3) is 0 Å². The van der Waals surface area contributed by atoms with Crippen LogP contribution in [0.4, 0.5) is 0 Å². The molecular formula is C12H21N3. The van der Waals surface area contributed by atoms with Gasteiger partial charge in [0.2, 0.25) is 0 Å². The molecule has 0 saturated heterocycles. The van der Waals surface area contributed by atoms with Crippen LogP contribution in [0.15, 0.2) is 24.7 Å². The van der Waals surface area contributed by atoms with Crippen molar-refractivity contribution < 1.29 is 0 Å². The SMILES string of the molecule is C=C(CC)CC(NCC)c1cncn1C. The Hall–Kier alpha value is -1.09. The van der Waals surface area contributed by atoms with Crippen LogP contribution in [0.2, 0.25) is 0 Å². The molecule has 0 radical (unpaired) electrons. The van der Waals surface area contributed by atoms with Crippen LogP contribution in [0.5, 0.6) is 0 Å². The molecule has 1 heterocycles. The normalized spacial score (nSPS) is 12.7. The summed E-state index contributed by atoms with van der Waals surface area (Å²) in [6.07, 6.45) is 5.80. The summed E-state index contributed by atoms with van der Waals surface area (Å²) in [5, 5.41) is 3.47. The molecule has 1 atom stereocenters. The molecule has 0 fully saturated rings. The zero-order valence-corrected chi connectivity index (χ0v) is 9.95. The summed E-state index contributed by atoms with van der Waals surface area (Å²) < 4.78 is 2.07. The first-order valence-corrected chi connectivity index (χ1v) is 5.55. The molecular weight excluding hydrogens is 186 g/mol. The van der Waals surface area contributed by atoms with E-state index >= 15 is 0 Å². The molecule has 1 rings (SSSR count). The van der Waals surface area contributed by atoms with Crippen molar-refractivity contribution in [3.63, 3.8) is 0 Å². The molecule has 0 amide bonds. The maximum atomic E-state index is 4.15. The first kappa shape index (κ1) is 12.0. The third-order valence-electron chi connectivity index (χ3n) is 2.65. The van der Waals surface area contributed by atoms with E-state index in [4.69, 9.17) is 0 Å². The van der Waals surface area contributed by atoms with Crippen molar-refractivity contribution in [2.24, 2.45) is 7.05 Å². The number of hydrogen-bond acceptors (Lipinski definition) is 2. The maximum Gasteiger partial charge on any atom is 0.0946 e. The minimum Gasteiger partial charge on any atom is -0.336 e. The number of nitrogens with zero attached hydrogens (tertiary/aromatic N) is 2. The number of aryl methyl sites for hydroxylation is 1. The fraction of sp³-hybridized carbons (Fsp3) is 0.583. The lowest BCUT2D eigenvalue weighted by molar-refractivity contribution is 0.515. The molecule has 1 unspecified atom stereocenters. The van der Waals surface area contributed by atoms with Crippen LogP contribution in [0.1, 0.15) is 38.4 Å². The molecule has 0 spiro atoms. The standard InChI is InChI=1S/C12H21N3/c1-5-10(3)7-11(14-6-2)12-8-13-9-15(12)4/h8-9,11,14H,3,5-7H2,1-2,4H3. The van der Waals surface area contributed by atoms with E-state index in [1.165, 1.54) is 11.3 Å². The second kappa shape index (κ2) is 5.71. The Morgan fingerprint density at radius 2 is 2.33 bits per heavy atom. The molecule has 84 valence electrons. The minimum atomic E-state index is 0.343.